The molecule has 0 aromatic heterocycles. The second-order valence-electron chi connectivity index (χ2n) is 5.78. The van der Waals surface area contributed by atoms with Crippen LogP contribution in [-0.4, -0.2) is 22.3 Å². The molecule has 0 saturated carbocycles. The van der Waals surface area contributed by atoms with Crippen molar-refractivity contribution < 1.29 is 0 Å². The Morgan fingerprint density at radius 1 is 0.773 bits per heavy atom. The van der Waals surface area contributed by atoms with Crippen LogP contribution in [0.5, 0.6) is 0 Å². The minimum absolute atomic E-state index is 0.344. The van der Waals surface area contributed by atoms with Gasteiger partial charge in [-0.3, -0.25) is 0 Å². The van der Waals surface area contributed by atoms with Gasteiger partial charge in [0.25, 0.3) is 0 Å². The molecule has 1 aromatic carbocycles. The maximum Gasteiger partial charge on any atom is 0.166 e. The molecule has 0 heterocycles. The molecule has 0 aliphatic heterocycles. The quantitative estimate of drug-likeness (QED) is 0.598. The van der Waals surface area contributed by atoms with Crippen LogP contribution in [0.15, 0.2) is 24.3 Å². The Morgan fingerprint density at radius 2 is 1.09 bits per heavy atom. The Labute approximate surface area is 144 Å². The normalized spacial score (nSPS) is 10.5. The second-order valence-corrected chi connectivity index (χ2v) is 6.60. The predicted molar refractivity (Wildman–Crippen MR) is 102 cm³/mol. The van der Waals surface area contributed by atoms with Gasteiger partial charge in [0, 0.05) is 25.2 Å². The van der Waals surface area contributed by atoms with Gasteiger partial charge in [0.1, 0.15) is 0 Å². The van der Waals surface area contributed by atoms with Crippen LogP contribution in [0.2, 0.25) is 0 Å². The maximum absolute atomic E-state index is 5.21. The Hall–Kier alpha value is -1.40. The molecule has 0 amide bonds. The highest BCUT2D eigenvalue weighted by Gasteiger charge is 2.01. The molecule has 4 nitrogen and oxygen atoms in total. The average molecular weight is 339 g/mol. The molecule has 6 heteroatoms. The van der Waals surface area contributed by atoms with Crippen molar-refractivity contribution >= 4 is 34.7 Å². The minimum Gasteiger partial charge on any atom is -0.361 e. The molecule has 0 saturated heterocycles. The molecular weight excluding hydrogens is 312 g/mol. The van der Waals surface area contributed by atoms with E-state index in [0.29, 0.717) is 22.3 Å². The van der Waals surface area contributed by atoms with E-state index in [9.17, 15) is 0 Å². The average Bonchev–Trinajstić information content (AvgIpc) is 2.42. The van der Waals surface area contributed by atoms with Gasteiger partial charge in [0.05, 0.1) is 0 Å². The predicted octanol–water partition coefficient (Wildman–Crippen LogP) is 2.43. The Bertz CT molecular complexity index is 438. The van der Waals surface area contributed by atoms with Gasteiger partial charge in [-0.05, 0) is 63.3 Å². The van der Waals surface area contributed by atoms with Crippen LogP contribution in [-0.2, 0) is 13.1 Å². The van der Waals surface area contributed by atoms with E-state index in [1.807, 2.05) is 0 Å². The van der Waals surface area contributed by atoms with Gasteiger partial charge in [-0.1, -0.05) is 24.3 Å². The van der Waals surface area contributed by atoms with Gasteiger partial charge < -0.3 is 21.3 Å². The third kappa shape index (κ3) is 8.14. The van der Waals surface area contributed by atoms with Gasteiger partial charge in [0.15, 0.2) is 10.2 Å². The monoisotopic (exact) mass is 338 g/mol. The van der Waals surface area contributed by atoms with Crippen LogP contribution >= 0.6 is 24.4 Å². The maximum atomic E-state index is 5.21. The number of benzene rings is 1. The number of hydrogen-bond acceptors (Lipinski definition) is 2. The van der Waals surface area contributed by atoms with Crippen LogP contribution in [0.3, 0.4) is 0 Å². The largest absolute Gasteiger partial charge is 0.361 e. The molecule has 4 N–H and O–H groups in total. The van der Waals surface area contributed by atoms with Crippen molar-refractivity contribution in [1.82, 2.24) is 21.3 Å². The van der Waals surface area contributed by atoms with Gasteiger partial charge in [0.2, 0.25) is 0 Å². The summed E-state index contributed by atoms with van der Waals surface area (Å²) in [7, 11) is 0. The van der Waals surface area contributed by atoms with E-state index in [4.69, 9.17) is 24.4 Å². The van der Waals surface area contributed by atoms with E-state index in [-0.39, 0.29) is 0 Å². The standard InChI is InChI=1S/C16H26N4S2/c1-11(2)19-15(21)17-9-13-5-7-14(8-6-13)10-18-16(22)20-12(3)4/h5-8,11-12H,9-10H2,1-4H3,(H2,17,19,21)(H2,18,20,22). The molecule has 0 aliphatic carbocycles. The smallest absolute Gasteiger partial charge is 0.166 e. The zero-order valence-corrected chi connectivity index (χ0v) is 15.3. The summed E-state index contributed by atoms with van der Waals surface area (Å²) in [6.45, 7) is 9.70. The lowest BCUT2D eigenvalue weighted by molar-refractivity contribution is 0.710. The van der Waals surface area contributed by atoms with Gasteiger partial charge in [-0.15, -0.1) is 0 Å². The molecule has 0 spiro atoms. The van der Waals surface area contributed by atoms with Gasteiger partial charge in [-0.2, -0.15) is 0 Å². The summed E-state index contributed by atoms with van der Waals surface area (Å²) in [5, 5.41) is 14.1. The zero-order valence-electron chi connectivity index (χ0n) is 13.7. The summed E-state index contributed by atoms with van der Waals surface area (Å²) in [5.74, 6) is 0. The van der Waals surface area contributed by atoms with E-state index in [1.165, 1.54) is 11.1 Å². The van der Waals surface area contributed by atoms with E-state index in [1.54, 1.807) is 0 Å². The summed E-state index contributed by atoms with van der Waals surface area (Å²) >= 11 is 10.4. The molecule has 0 atom stereocenters. The molecule has 22 heavy (non-hydrogen) atoms. The third-order valence-corrected chi connectivity index (χ3v) is 3.29. The SMILES string of the molecule is CC(C)NC(=S)NCc1ccc(CNC(=S)NC(C)C)cc1. The first-order valence-corrected chi connectivity index (χ1v) is 8.35. The van der Waals surface area contributed by atoms with Gasteiger partial charge >= 0.3 is 0 Å². The van der Waals surface area contributed by atoms with Crippen molar-refractivity contribution in [2.24, 2.45) is 0 Å². The van der Waals surface area contributed by atoms with E-state index in [2.05, 4.69) is 73.2 Å². The van der Waals surface area contributed by atoms with Crippen LogP contribution in [0, 0.1) is 0 Å². The number of hydrogen-bond donors (Lipinski definition) is 4. The van der Waals surface area contributed by atoms with Crippen molar-refractivity contribution in [1.29, 1.82) is 0 Å². The van der Waals surface area contributed by atoms with Crippen molar-refractivity contribution in [3.63, 3.8) is 0 Å². The first-order valence-electron chi connectivity index (χ1n) is 7.53. The molecule has 122 valence electrons. The molecule has 0 bridgehead atoms. The molecule has 0 fully saturated rings. The van der Waals surface area contributed by atoms with Crippen LogP contribution < -0.4 is 21.3 Å². The summed E-state index contributed by atoms with van der Waals surface area (Å²) in [4.78, 5) is 0. The van der Waals surface area contributed by atoms with Gasteiger partial charge in [-0.25, -0.2) is 0 Å². The van der Waals surface area contributed by atoms with E-state index < -0.39 is 0 Å². The summed E-state index contributed by atoms with van der Waals surface area (Å²) in [6.07, 6.45) is 0. The molecule has 0 radical (unpaired) electrons. The molecule has 0 unspecified atom stereocenters. The highest BCUT2D eigenvalue weighted by Crippen LogP contribution is 2.04. The van der Waals surface area contributed by atoms with Crippen molar-refractivity contribution in [3.8, 4) is 0 Å². The fourth-order valence-corrected chi connectivity index (χ4v) is 2.38. The second kappa shape index (κ2) is 9.58. The molecule has 1 rings (SSSR count). The van der Waals surface area contributed by atoms with Crippen LogP contribution in [0.4, 0.5) is 0 Å². The van der Waals surface area contributed by atoms with Crippen LogP contribution in [0.25, 0.3) is 0 Å². The first kappa shape index (κ1) is 18.6. The number of nitrogens with one attached hydrogen (secondary N) is 4. The Morgan fingerprint density at radius 3 is 1.36 bits per heavy atom. The summed E-state index contributed by atoms with van der Waals surface area (Å²) in [5.41, 5.74) is 2.39. The third-order valence-electron chi connectivity index (χ3n) is 2.77. The fraction of sp³-hybridized carbons (Fsp3) is 0.500. The fourth-order valence-electron chi connectivity index (χ4n) is 1.77. The molecule has 1 aromatic rings. The zero-order chi connectivity index (χ0) is 16.5. The lowest BCUT2D eigenvalue weighted by Gasteiger charge is -2.14. The highest BCUT2D eigenvalue weighted by atomic mass is 32.1. The number of rotatable bonds is 6. The van der Waals surface area contributed by atoms with Crippen molar-refractivity contribution in [2.45, 2.75) is 52.9 Å². The van der Waals surface area contributed by atoms with E-state index in [0.717, 1.165) is 13.1 Å². The topological polar surface area (TPSA) is 48.1 Å². The molecule has 0 aliphatic rings. The number of thiocarbonyl (C=S) groups is 2. The lowest BCUT2D eigenvalue weighted by Crippen LogP contribution is -2.39. The Balaban J connectivity index is 2.36. The molecular formula is C16H26N4S2. The highest BCUT2D eigenvalue weighted by molar-refractivity contribution is 7.80. The first-order chi connectivity index (χ1) is 10.4. The van der Waals surface area contributed by atoms with E-state index >= 15 is 0 Å². The summed E-state index contributed by atoms with van der Waals surface area (Å²) in [6, 6.07) is 9.08. The van der Waals surface area contributed by atoms with Crippen molar-refractivity contribution in [3.05, 3.63) is 35.4 Å². The Kier molecular flexibility index (Phi) is 8.12. The van der Waals surface area contributed by atoms with Crippen molar-refractivity contribution in [2.75, 3.05) is 0 Å². The van der Waals surface area contributed by atoms with Crippen LogP contribution in [0.1, 0.15) is 38.8 Å². The summed E-state index contributed by atoms with van der Waals surface area (Å²) < 4.78 is 0. The minimum atomic E-state index is 0.344. The lowest BCUT2D eigenvalue weighted by atomic mass is 10.1.